The van der Waals surface area contributed by atoms with Gasteiger partial charge >= 0.3 is 0 Å². The number of pyridine rings is 1. The summed E-state index contributed by atoms with van der Waals surface area (Å²) < 4.78 is 0. The van der Waals surface area contributed by atoms with Crippen LogP contribution in [-0.2, 0) is 6.54 Å². The maximum Gasteiger partial charge on any atom is 0.144 e. The van der Waals surface area contributed by atoms with Crippen molar-refractivity contribution < 1.29 is 0 Å². The molecule has 108 valence electrons. The lowest BCUT2D eigenvalue weighted by molar-refractivity contribution is 0.163. The van der Waals surface area contributed by atoms with Gasteiger partial charge in [-0.3, -0.25) is 4.90 Å². The Kier molecular flexibility index (Phi) is 5.51. The first-order valence-electron chi connectivity index (χ1n) is 7.48. The molecule has 1 N–H and O–H groups in total. The third-order valence-electron chi connectivity index (χ3n) is 3.81. The van der Waals surface area contributed by atoms with Crippen molar-refractivity contribution in [1.29, 1.82) is 5.26 Å². The Hall–Kier alpha value is -1.44. The number of hydrogen-bond donors (Lipinski definition) is 1. The fraction of sp³-hybridized carbons (Fsp3) is 0.625. The van der Waals surface area contributed by atoms with Crippen molar-refractivity contribution in [2.45, 2.75) is 39.3 Å². The maximum absolute atomic E-state index is 9.10. The van der Waals surface area contributed by atoms with Gasteiger partial charge < -0.3 is 5.32 Å². The highest BCUT2D eigenvalue weighted by molar-refractivity contribution is 5.30. The first-order chi connectivity index (χ1) is 9.69. The van der Waals surface area contributed by atoms with Crippen molar-refractivity contribution in [3.8, 4) is 6.07 Å². The van der Waals surface area contributed by atoms with E-state index in [9.17, 15) is 0 Å². The molecule has 0 saturated carbocycles. The first-order valence-corrected chi connectivity index (χ1v) is 7.48. The van der Waals surface area contributed by atoms with Gasteiger partial charge in [0, 0.05) is 30.9 Å². The van der Waals surface area contributed by atoms with E-state index in [0.717, 1.165) is 31.7 Å². The van der Waals surface area contributed by atoms with E-state index < -0.39 is 0 Å². The van der Waals surface area contributed by atoms with Crippen molar-refractivity contribution >= 4 is 0 Å². The normalized spacial score (nSPS) is 20.0. The van der Waals surface area contributed by atoms with E-state index in [1.807, 2.05) is 12.1 Å². The minimum Gasteiger partial charge on any atom is -0.314 e. The molecular formula is C16H24N4. The average molecular weight is 272 g/mol. The summed E-state index contributed by atoms with van der Waals surface area (Å²) in [5.74, 6) is 0.716. The Morgan fingerprint density at radius 2 is 2.40 bits per heavy atom. The topological polar surface area (TPSA) is 52.0 Å². The van der Waals surface area contributed by atoms with Crippen LogP contribution in [0.5, 0.6) is 0 Å². The van der Waals surface area contributed by atoms with Gasteiger partial charge in [-0.2, -0.15) is 5.26 Å². The number of piperidine rings is 1. The Balaban J connectivity index is 1.91. The molecule has 4 heteroatoms. The minimum atomic E-state index is 0.550. The zero-order valence-electron chi connectivity index (χ0n) is 12.5. The molecule has 1 fully saturated rings. The molecule has 1 aromatic rings. The molecule has 2 rings (SSSR count). The fourth-order valence-electron chi connectivity index (χ4n) is 2.77. The molecule has 20 heavy (non-hydrogen) atoms. The van der Waals surface area contributed by atoms with E-state index >= 15 is 0 Å². The van der Waals surface area contributed by atoms with Crippen LogP contribution in [0.1, 0.15) is 37.9 Å². The number of likely N-dealkylation sites (tertiary alicyclic amines) is 1. The van der Waals surface area contributed by atoms with Gasteiger partial charge in [-0.25, -0.2) is 4.98 Å². The number of nitriles is 1. The Labute approximate surface area is 121 Å². The lowest BCUT2D eigenvalue weighted by Gasteiger charge is -2.33. The van der Waals surface area contributed by atoms with E-state index in [4.69, 9.17) is 5.26 Å². The van der Waals surface area contributed by atoms with Crippen LogP contribution in [0.25, 0.3) is 0 Å². The molecule has 0 radical (unpaired) electrons. The van der Waals surface area contributed by atoms with E-state index in [1.54, 1.807) is 6.20 Å². The van der Waals surface area contributed by atoms with Crippen LogP contribution in [0.4, 0.5) is 0 Å². The number of nitrogens with one attached hydrogen (secondary N) is 1. The van der Waals surface area contributed by atoms with Crippen LogP contribution in [0.3, 0.4) is 0 Å². The molecule has 0 spiro atoms. The van der Waals surface area contributed by atoms with Gasteiger partial charge in [-0.05, 0) is 37.9 Å². The van der Waals surface area contributed by atoms with Crippen LogP contribution in [0.2, 0.25) is 0 Å². The lowest BCUT2D eigenvalue weighted by atomic mass is 9.97. The summed E-state index contributed by atoms with van der Waals surface area (Å²) in [6, 6.07) is 6.67. The zero-order chi connectivity index (χ0) is 14.4. The SMILES string of the molecule is CC(C)NCC1CCCN(Cc2cccnc2C#N)C1. The Morgan fingerprint density at radius 3 is 3.15 bits per heavy atom. The lowest BCUT2D eigenvalue weighted by Crippen LogP contribution is -2.40. The fourth-order valence-corrected chi connectivity index (χ4v) is 2.77. The van der Waals surface area contributed by atoms with Crippen molar-refractivity contribution in [1.82, 2.24) is 15.2 Å². The van der Waals surface area contributed by atoms with E-state index in [0.29, 0.717) is 17.7 Å². The highest BCUT2D eigenvalue weighted by atomic mass is 15.1. The quantitative estimate of drug-likeness (QED) is 0.892. The van der Waals surface area contributed by atoms with Gasteiger partial charge in [0.05, 0.1) is 0 Å². The van der Waals surface area contributed by atoms with E-state index in [-0.39, 0.29) is 0 Å². The van der Waals surface area contributed by atoms with E-state index in [1.165, 1.54) is 12.8 Å². The number of aromatic nitrogens is 1. The third kappa shape index (κ3) is 4.29. The van der Waals surface area contributed by atoms with E-state index in [2.05, 4.69) is 35.1 Å². The minimum absolute atomic E-state index is 0.550. The summed E-state index contributed by atoms with van der Waals surface area (Å²) in [6.45, 7) is 8.55. The van der Waals surface area contributed by atoms with Crippen molar-refractivity contribution in [2.24, 2.45) is 5.92 Å². The summed E-state index contributed by atoms with van der Waals surface area (Å²) in [6.07, 6.45) is 4.23. The Bertz CT molecular complexity index is 464. The van der Waals surface area contributed by atoms with Crippen LogP contribution >= 0.6 is 0 Å². The van der Waals surface area contributed by atoms with Gasteiger partial charge in [-0.15, -0.1) is 0 Å². The van der Waals surface area contributed by atoms with Gasteiger partial charge in [0.25, 0.3) is 0 Å². The molecule has 1 atom stereocenters. The second kappa shape index (κ2) is 7.37. The highest BCUT2D eigenvalue weighted by Crippen LogP contribution is 2.19. The molecular weight excluding hydrogens is 248 g/mol. The number of rotatable bonds is 5. The molecule has 1 aliphatic rings. The molecule has 1 aromatic heterocycles. The summed E-state index contributed by atoms with van der Waals surface area (Å²) in [5.41, 5.74) is 1.61. The third-order valence-corrected chi connectivity index (χ3v) is 3.81. The first kappa shape index (κ1) is 15.0. The van der Waals surface area contributed by atoms with Crippen LogP contribution < -0.4 is 5.32 Å². The summed E-state index contributed by atoms with van der Waals surface area (Å²) in [7, 11) is 0. The monoisotopic (exact) mass is 272 g/mol. The van der Waals surface area contributed by atoms with Crippen LogP contribution in [-0.4, -0.2) is 35.6 Å². The number of nitrogens with zero attached hydrogens (tertiary/aromatic N) is 3. The maximum atomic E-state index is 9.10. The van der Waals surface area contributed by atoms with Gasteiger partial charge in [0.15, 0.2) is 0 Å². The Morgan fingerprint density at radius 1 is 1.55 bits per heavy atom. The van der Waals surface area contributed by atoms with Crippen molar-refractivity contribution in [2.75, 3.05) is 19.6 Å². The molecule has 0 amide bonds. The molecule has 0 aromatic carbocycles. The van der Waals surface area contributed by atoms with Crippen LogP contribution in [0.15, 0.2) is 18.3 Å². The highest BCUT2D eigenvalue weighted by Gasteiger charge is 2.20. The molecule has 4 nitrogen and oxygen atoms in total. The number of hydrogen-bond acceptors (Lipinski definition) is 4. The molecule has 2 heterocycles. The zero-order valence-corrected chi connectivity index (χ0v) is 12.5. The summed E-state index contributed by atoms with van der Waals surface area (Å²) in [5, 5.41) is 12.6. The average Bonchev–Trinajstić information content (AvgIpc) is 2.46. The standard InChI is InChI=1S/C16H24N4/c1-13(2)19-10-14-5-4-8-20(11-14)12-15-6-3-7-18-16(15)9-17/h3,6-7,13-14,19H,4-5,8,10-12H2,1-2H3. The molecule has 0 bridgehead atoms. The second-order valence-corrected chi connectivity index (χ2v) is 5.93. The van der Waals surface area contributed by atoms with Crippen molar-refractivity contribution in [3.05, 3.63) is 29.6 Å². The van der Waals surface area contributed by atoms with Gasteiger partial charge in [0.1, 0.15) is 11.8 Å². The summed E-state index contributed by atoms with van der Waals surface area (Å²) in [4.78, 5) is 6.59. The van der Waals surface area contributed by atoms with Crippen LogP contribution in [0, 0.1) is 17.2 Å². The predicted molar refractivity (Wildman–Crippen MR) is 80.1 cm³/mol. The smallest absolute Gasteiger partial charge is 0.144 e. The summed E-state index contributed by atoms with van der Waals surface area (Å²) >= 11 is 0. The van der Waals surface area contributed by atoms with Gasteiger partial charge in [0.2, 0.25) is 0 Å². The molecule has 0 aliphatic carbocycles. The van der Waals surface area contributed by atoms with Crippen molar-refractivity contribution in [3.63, 3.8) is 0 Å². The largest absolute Gasteiger partial charge is 0.314 e. The molecule has 1 saturated heterocycles. The molecule has 1 unspecified atom stereocenters. The molecule has 1 aliphatic heterocycles. The second-order valence-electron chi connectivity index (χ2n) is 5.93. The predicted octanol–water partition coefficient (Wildman–Crippen LogP) is 2.16. The van der Waals surface area contributed by atoms with Gasteiger partial charge in [-0.1, -0.05) is 19.9 Å².